The van der Waals surface area contributed by atoms with Gasteiger partial charge in [-0.1, -0.05) is 38.2 Å². The molecule has 1 aromatic rings. The second kappa shape index (κ2) is 8.04. The normalized spacial score (nSPS) is 17.9. The molecule has 1 saturated carbocycles. The van der Waals surface area contributed by atoms with Gasteiger partial charge in [-0.2, -0.15) is 0 Å². The molecule has 0 amide bonds. The first-order valence-corrected chi connectivity index (χ1v) is 8.56. The Kier molecular flexibility index (Phi) is 6.37. The Labute approximate surface area is 131 Å². The lowest BCUT2D eigenvalue weighted by atomic mass is 9.85. The van der Waals surface area contributed by atoms with E-state index < -0.39 is 0 Å². The molecule has 0 saturated heterocycles. The standard InChI is InChI=1S/C17H26BrNO/c1-20-17-10-8-14(12-16(17)18)11-15(19)9-7-13-5-3-2-4-6-13/h8,10,12-13,15H,2-7,9,11,19H2,1H3. The first kappa shape index (κ1) is 15.8. The van der Waals surface area contributed by atoms with Crippen LogP contribution < -0.4 is 10.5 Å². The van der Waals surface area contributed by atoms with Crippen molar-refractivity contribution in [3.8, 4) is 5.75 Å². The Morgan fingerprint density at radius 3 is 2.70 bits per heavy atom. The zero-order valence-electron chi connectivity index (χ0n) is 12.4. The van der Waals surface area contributed by atoms with Gasteiger partial charge in [0.15, 0.2) is 0 Å². The first-order valence-electron chi connectivity index (χ1n) is 7.77. The highest BCUT2D eigenvalue weighted by Crippen LogP contribution is 2.29. The molecule has 0 heterocycles. The van der Waals surface area contributed by atoms with Crippen molar-refractivity contribution in [2.75, 3.05) is 7.11 Å². The van der Waals surface area contributed by atoms with Crippen molar-refractivity contribution in [3.05, 3.63) is 28.2 Å². The summed E-state index contributed by atoms with van der Waals surface area (Å²) in [5, 5.41) is 0. The maximum atomic E-state index is 6.30. The van der Waals surface area contributed by atoms with Crippen molar-refractivity contribution in [2.45, 2.75) is 57.4 Å². The third-order valence-corrected chi connectivity index (χ3v) is 5.00. The lowest BCUT2D eigenvalue weighted by molar-refractivity contribution is 0.323. The molecule has 0 spiro atoms. The van der Waals surface area contributed by atoms with E-state index in [1.54, 1.807) is 7.11 Å². The van der Waals surface area contributed by atoms with E-state index in [9.17, 15) is 0 Å². The maximum absolute atomic E-state index is 6.30. The van der Waals surface area contributed by atoms with Crippen LogP contribution in [0.3, 0.4) is 0 Å². The van der Waals surface area contributed by atoms with Gasteiger partial charge in [0.2, 0.25) is 0 Å². The Hall–Kier alpha value is -0.540. The summed E-state index contributed by atoms with van der Waals surface area (Å²) in [6.45, 7) is 0. The SMILES string of the molecule is COc1ccc(CC(N)CCC2CCCCC2)cc1Br. The molecule has 1 atom stereocenters. The second-order valence-electron chi connectivity index (χ2n) is 6.01. The van der Waals surface area contributed by atoms with E-state index in [1.165, 1.54) is 44.1 Å². The van der Waals surface area contributed by atoms with Gasteiger partial charge in [-0.25, -0.2) is 0 Å². The molecule has 0 aromatic heterocycles. The fraction of sp³-hybridized carbons (Fsp3) is 0.647. The Bertz CT molecular complexity index is 415. The highest BCUT2D eigenvalue weighted by Gasteiger charge is 2.15. The Morgan fingerprint density at radius 1 is 1.30 bits per heavy atom. The van der Waals surface area contributed by atoms with Crippen LogP contribution in [0.1, 0.15) is 50.5 Å². The second-order valence-corrected chi connectivity index (χ2v) is 6.87. The van der Waals surface area contributed by atoms with Crippen LogP contribution in [0.5, 0.6) is 5.75 Å². The number of rotatable bonds is 6. The van der Waals surface area contributed by atoms with Crippen molar-refractivity contribution >= 4 is 15.9 Å². The van der Waals surface area contributed by atoms with Crippen molar-refractivity contribution in [1.29, 1.82) is 0 Å². The molecular weight excluding hydrogens is 314 g/mol. The maximum Gasteiger partial charge on any atom is 0.133 e. The number of hydrogen-bond donors (Lipinski definition) is 1. The van der Waals surface area contributed by atoms with E-state index in [0.717, 1.165) is 29.0 Å². The molecule has 3 heteroatoms. The largest absolute Gasteiger partial charge is 0.496 e. The van der Waals surface area contributed by atoms with E-state index in [2.05, 4.69) is 28.1 Å². The third kappa shape index (κ3) is 4.78. The van der Waals surface area contributed by atoms with Gasteiger partial charge in [-0.15, -0.1) is 0 Å². The van der Waals surface area contributed by atoms with Crippen LogP contribution in [0.4, 0.5) is 0 Å². The fourth-order valence-electron chi connectivity index (χ4n) is 3.17. The molecule has 1 fully saturated rings. The monoisotopic (exact) mass is 339 g/mol. The molecule has 112 valence electrons. The fourth-order valence-corrected chi connectivity index (χ4v) is 3.76. The van der Waals surface area contributed by atoms with E-state index in [4.69, 9.17) is 10.5 Å². The molecule has 2 nitrogen and oxygen atoms in total. The van der Waals surface area contributed by atoms with Crippen molar-refractivity contribution < 1.29 is 4.74 Å². The summed E-state index contributed by atoms with van der Waals surface area (Å²) in [6, 6.07) is 6.52. The minimum absolute atomic E-state index is 0.275. The van der Waals surface area contributed by atoms with Gasteiger partial charge in [0.05, 0.1) is 11.6 Å². The molecule has 1 aromatic carbocycles. The Morgan fingerprint density at radius 2 is 2.05 bits per heavy atom. The van der Waals surface area contributed by atoms with Gasteiger partial charge in [0, 0.05) is 6.04 Å². The van der Waals surface area contributed by atoms with E-state index in [0.29, 0.717) is 0 Å². The van der Waals surface area contributed by atoms with Crippen molar-refractivity contribution in [3.63, 3.8) is 0 Å². The molecule has 20 heavy (non-hydrogen) atoms. The average molecular weight is 340 g/mol. The van der Waals surface area contributed by atoms with Crippen LogP contribution >= 0.6 is 15.9 Å². The predicted octanol–water partition coefficient (Wildman–Crippen LogP) is 4.69. The molecule has 2 N–H and O–H groups in total. The first-order chi connectivity index (χ1) is 9.69. The number of nitrogens with two attached hydrogens (primary N) is 1. The summed E-state index contributed by atoms with van der Waals surface area (Å²) in [6.07, 6.45) is 10.5. The van der Waals surface area contributed by atoms with Gasteiger partial charge < -0.3 is 10.5 Å². The molecule has 2 rings (SSSR count). The van der Waals surface area contributed by atoms with E-state index >= 15 is 0 Å². The molecule has 1 unspecified atom stereocenters. The van der Waals surface area contributed by atoms with Crippen LogP contribution in [0, 0.1) is 5.92 Å². The summed E-state index contributed by atoms with van der Waals surface area (Å²) in [4.78, 5) is 0. The highest BCUT2D eigenvalue weighted by molar-refractivity contribution is 9.10. The van der Waals surface area contributed by atoms with Gasteiger partial charge in [-0.3, -0.25) is 0 Å². The summed E-state index contributed by atoms with van der Waals surface area (Å²) in [7, 11) is 1.69. The van der Waals surface area contributed by atoms with E-state index in [1.807, 2.05) is 6.07 Å². The molecule has 1 aliphatic rings. The quantitative estimate of drug-likeness (QED) is 0.815. The van der Waals surface area contributed by atoms with Crippen LogP contribution in [0.2, 0.25) is 0 Å². The summed E-state index contributed by atoms with van der Waals surface area (Å²) in [5.74, 6) is 1.81. The smallest absolute Gasteiger partial charge is 0.133 e. The van der Waals surface area contributed by atoms with Crippen LogP contribution in [-0.2, 0) is 6.42 Å². The zero-order chi connectivity index (χ0) is 14.4. The minimum Gasteiger partial charge on any atom is -0.496 e. The van der Waals surface area contributed by atoms with Crippen LogP contribution in [0.15, 0.2) is 22.7 Å². The van der Waals surface area contributed by atoms with Gasteiger partial charge in [-0.05, 0) is 58.8 Å². The number of benzene rings is 1. The zero-order valence-corrected chi connectivity index (χ0v) is 14.0. The van der Waals surface area contributed by atoms with Crippen LogP contribution in [0.25, 0.3) is 0 Å². The van der Waals surface area contributed by atoms with Crippen molar-refractivity contribution in [2.24, 2.45) is 11.7 Å². The lowest BCUT2D eigenvalue weighted by Gasteiger charge is -2.23. The summed E-state index contributed by atoms with van der Waals surface area (Å²) in [5.41, 5.74) is 7.58. The molecule has 0 bridgehead atoms. The van der Waals surface area contributed by atoms with Gasteiger partial charge in [0.1, 0.15) is 5.75 Å². The van der Waals surface area contributed by atoms with Crippen molar-refractivity contribution in [1.82, 2.24) is 0 Å². The minimum atomic E-state index is 0.275. The average Bonchev–Trinajstić information content (AvgIpc) is 2.46. The molecule has 1 aliphatic carbocycles. The summed E-state index contributed by atoms with van der Waals surface area (Å²) < 4.78 is 6.26. The highest BCUT2D eigenvalue weighted by atomic mass is 79.9. The van der Waals surface area contributed by atoms with Gasteiger partial charge >= 0.3 is 0 Å². The predicted molar refractivity (Wildman–Crippen MR) is 88.2 cm³/mol. The molecule has 0 radical (unpaired) electrons. The van der Waals surface area contributed by atoms with Crippen LogP contribution in [-0.4, -0.2) is 13.2 Å². The Balaban J connectivity index is 1.78. The number of hydrogen-bond acceptors (Lipinski definition) is 2. The number of methoxy groups -OCH3 is 1. The molecule has 0 aliphatic heterocycles. The van der Waals surface area contributed by atoms with E-state index in [-0.39, 0.29) is 6.04 Å². The number of halogens is 1. The topological polar surface area (TPSA) is 35.2 Å². The molecular formula is C17H26BrNO. The summed E-state index contributed by atoms with van der Waals surface area (Å²) >= 11 is 3.53. The number of ether oxygens (including phenoxy) is 1. The third-order valence-electron chi connectivity index (χ3n) is 4.38. The van der Waals surface area contributed by atoms with Gasteiger partial charge in [0.25, 0.3) is 0 Å². The lowest BCUT2D eigenvalue weighted by Crippen LogP contribution is -2.24.